The zero-order valence-corrected chi connectivity index (χ0v) is 12.2. The Morgan fingerprint density at radius 1 is 1.24 bits per heavy atom. The van der Waals surface area contributed by atoms with Crippen LogP contribution in [0.1, 0.15) is 13.8 Å². The molecule has 0 spiro atoms. The van der Waals surface area contributed by atoms with Gasteiger partial charge >= 0.3 is 5.97 Å². The van der Waals surface area contributed by atoms with Crippen molar-refractivity contribution in [3.63, 3.8) is 0 Å². The van der Waals surface area contributed by atoms with Crippen molar-refractivity contribution in [3.8, 4) is 0 Å². The molecule has 0 aliphatic heterocycles. The molecule has 1 rings (SSSR count). The molecule has 0 bridgehead atoms. The first kappa shape index (κ1) is 17.0. The molecule has 1 N–H and O–H groups in total. The van der Waals surface area contributed by atoms with E-state index in [1.165, 1.54) is 13.2 Å². The molecule has 0 aliphatic rings. The second kappa shape index (κ2) is 7.68. The summed E-state index contributed by atoms with van der Waals surface area (Å²) in [5.74, 6) is -2.91. The maximum Gasteiger partial charge on any atom is 0.319 e. The quantitative estimate of drug-likeness (QED) is 0.814. The van der Waals surface area contributed by atoms with Gasteiger partial charge in [0, 0.05) is 17.8 Å². The molecule has 1 aromatic rings. The summed E-state index contributed by atoms with van der Waals surface area (Å²) in [5, 5.41) is 2.45. The van der Waals surface area contributed by atoms with Gasteiger partial charge in [0.15, 0.2) is 11.6 Å². The van der Waals surface area contributed by atoms with E-state index in [4.69, 9.17) is 0 Å². The Kier molecular flexibility index (Phi) is 6.23. The maximum absolute atomic E-state index is 13.0. The summed E-state index contributed by atoms with van der Waals surface area (Å²) >= 11 is 0. The molecule has 21 heavy (non-hydrogen) atoms. The number of anilines is 1. The van der Waals surface area contributed by atoms with Gasteiger partial charge in [0.05, 0.1) is 20.2 Å². The van der Waals surface area contributed by atoms with Crippen LogP contribution in [0.4, 0.5) is 14.5 Å². The molecule has 0 fully saturated rings. The lowest BCUT2D eigenvalue weighted by molar-refractivity contribution is -0.142. The molecule has 1 amide bonds. The van der Waals surface area contributed by atoms with Crippen LogP contribution < -0.4 is 5.32 Å². The third-order valence-electron chi connectivity index (χ3n) is 2.84. The summed E-state index contributed by atoms with van der Waals surface area (Å²) in [7, 11) is 1.27. The van der Waals surface area contributed by atoms with Crippen LogP contribution in [0.5, 0.6) is 0 Å². The highest BCUT2D eigenvalue weighted by Crippen LogP contribution is 2.13. The first-order valence-corrected chi connectivity index (χ1v) is 6.39. The number of nitrogens with zero attached hydrogens (tertiary/aromatic N) is 1. The first-order chi connectivity index (χ1) is 9.83. The Balaban J connectivity index is 2.65. The van der Waals surface area contributed by atoms with Crippen molar-refractivity contribution >= 4 is 17.6 Å². The number of nitrogens with one attached hydrogen (secondary N) is 1. The molecule has 116 valence electrons. The van der Waals surface area contributed by atoms with E-state index in [1.807, 2.05) is 13.8 Å². The van der Waals surface area contributed by atoms with Crippen molar-refractivity contribution in [2.24, 2.45) is 0 Å². The monoisotopic (exact) mass is 300 g/mol. The third kappa shape index (κ3) is 5.47. The summed E-state index contributed by atoms with van der Waals surface area (Å²) < 4.78 is 30.4. The van der Waals surface area contributed by atoms with Crippen LogP contribution in [0.25, 0.3) is 0 Å². The zero-order chi connectivity index (χ0) is 16.0. The lowest BCUT2D eigenvalue weighted by atomic mass is 10.2. The number of carbonyl (C=O) groups excluding carboxylic acids is 2. The molecule has 0 unspecified atom stereocenters. The number of ether oxygens (including phenoxy) is 1. The number of hydrogen-bond donors (Lipinski definition) is 1. The number of benzene rings is 1. The molecule has 7 heteroatoms. The Morgan fingerprint density at radius 3 is 2.43 bits per heavy atom. The van der Waals surface area contributed by atoms with Gasteiger partial charge in [-0.2, -0.15) is 0 Å². The Morgan fingerprint density at radius 2 is 1.90 bits per heavy atom. The van der Waals surface area contributed by atoms with Gasteiger partial charge in [-0.15, -0.1) is 0 Å². The molecule has 0 atom stereocenters. The lowest BCUT2D eigenvalue weighted by Gasteiger charge is -2.24. The Hall–Kier alpha value is -2.02. The lowest BCUT2D eigenvalue weighted by Crippen LogP contribution is -2.41. The van der Waals surface area contributed by atoms with Crippen LogP contribution in [-0.2, 0) is 14.3 Å². The van der Waals surface area contributed by atoms with E-state index >= 15 is 0 Å². The van der Waals surface area contributed by atoms with E-state index in [-0.39, 0.29) is 24.8 Å². The minimum absolute atomic E-state index is 0.0284. The van der Waals surface area contributed by atoms with Gasteiger partial charge < -0.3 is 10.1 Å². The van der Waals surface area contributed by atoms with E-state index in [0.29, 0.717) is 0 Å². The molecule has 0 aromatic heterocycles. The average molecular weight is 300 g/mol. The number of amides is 1. The van der Waals surface area contributed by atoms with Gasteiger partial charge in [-0.3, -0.25) is 14.5 Å². The van der Waals surface area contributed by atoms with E-state index in [1.54, 1.807) is 4.90 Å². The van der Waals surface area contributed by atoms with Crippen LogP contribution in [0, 0.1) is 11.6 Å². The standard InChI is InChI=1S/C14H18F2N2O3/c1-9(2)18(8-14(20)21-3)7-13(19)17-10-4-5-11(15)12(16)6-10/h4-6,9H,7-8H2,1-3H3,(H,17,19). The van der Waals surface area contributed by atoms with E-state index in [2.05, 4.69) is 10.1 Å². The minimum Gasteiger partial charge on any atom is -0.468 e. The summed E-state index contributed by atoms with van der Waals surface area (Å²) in [4.78, 5) is 24.7. The van der Waals surface area contributed by atoms with E-state index < -0.39 is 23.5 Å². The van der Waals surface area contributed by atoms with Crippen LogP contribution >= 0.6 is 0 Å². The van der Waals surface area contributed by atoms with Crippen molar-refractivity contribution in [3.05, 3.63) is 29.8 Å². The number of carbonyl (C=O) groups is 2. The zero-order valence-electron chi connectivity index (χ0n) is 12.2. The highest BCUT2D eigenvalue weighted by Gasteiger charge is 2.18. The maximum atomic E-state index is 13.0. The summed E-state index contributed by atoms with van der Waals surface area (Å²) in [5.41, 5.74) is 0.153. The SMILES string of the molecule is COC(=O)CN(CC(=O)Nc1ccc(F)c(F)c1)C(C)C. The largest absolute Gasteiger partial charge is 0.468 e. The highest BCUT2D eigenvalue weighted by molar-refractivity contribution is 5.92. The van der Waals surface area contributed by atoms with E-state index in [0.717, 1.165) is 12.1 Å². The summed E-state index contributed by atoms with van der Waals surface area (Å²) in [6, 6.07) is 3.03. The normalized spacial score (nSPS) is 10.8. The molecule has 1 aromatic carbocycles. The summed E-state index contributed by atoms with van der Waals surface area (Å²) in [6.45, 7) is 3.56. The van der Waals surface area contributed by atoms with Crippen LogP contribution in [0.3, 0.4) is 0 Å². The summed E-state index contributed by atoms with van der Waals surface area (Å²) in [6.07, 6.45) is 0. The van der Waals surface area contributed by atoms with Crippen molar-refractivity contribution < 1.29 is 23.1 Å². The fourth-order valence-corrected chi connectivity index (χ4v) is 1.61. The first-order valence-electron chi connectivity index (χ1n) is 6.39. The van der Waals surface area contributed by atoms with Gasteiger partial charge in [-0.05, 0) is 26.0 Å². The predicted octanol–water partition coefficient (Wildman–Crippen LogP) is 1.79. The van der Waals surface area contributed by atoms with E-state index in [9.17, 15) is 18.4 Å². The van der Waals surface area contributed by atoms with Crippen molar-refractivity contribution in [2.75, 3.05) is 25.5 Å². The average Bonchev–Trinajstić information content (AvgIpc) is 2.41. The van der Waals surface area contributed by atoms with Gasteiger partial charge in [0.2, 0.25) is 5.91 Å². The molecule has 0 radical (unpaired) electrons. The second-order valence-electron chi connectivity index (χ2n) is 4.75. The Bertz CT molecular complexity index is 521. The minimum atomic E-state index is -1.04. The van der Waals surface area contributed by atoms with Gasteiger partial charge in [-0.1, -0.05) is 0 Å². The fourth-order valence-electron chi connectivity index (χ4n) is 1.61. The topological polar surface area (TPSA) is 58.6 Å². The third-order valence-corrected chi connectivity index (χ3v) is 2.84. The molecule has 0 aliphatic carbocycles. The molecular weight excluding hydrogens is 282 g/mol. The number of halogens is 2. The molecule has 5 nitrogen and oxygen atoms in total. The van der Waals surface area contributed by atoms with Crippen LogP contribution in [0.2, 0.25) is 0 Å². The fraction of sp³-hybridized carbons (Fsp3) is 0.429. The Labute approximate surface area is 121 Å². The predicted molar refractivity (Wildman–Crippen MR) is 73.7 cm³/mol. The van der Waals surface area contributed by atoms with Crippen LogP contribution in [-0.4, -0.2) is 43.0 Å². The van der Waals surface area contributed by atoms with Crippen molar-refractivity contribution in [2.45, 2.75) is 19.9 Å². The van der Waals surface area contributed by atoms with Gasteiger partial charge in [0.25, 0.3) is 0 Å². The molecule has 0 saturated carbocycles. The van der Waals surface area contributed by atoms with Crippen molar-refractivity contribution in [1.29, 1.82) is 0 Å². The highest BCUT2D eigenvalue weighted by atomic mass is 19.2. The number of methoxy groups -OCH3 is 1. The van der Waals surface area contributed by atoms with Gasteiger partial charge in [0.1, 0.15) is 0 Å². The molecule has 0 heterocycles. The van der Waals surface area contributed by atoms with Crippen LogP contribution in [0.15, 0.2) is 18.2 Å². The number of rotatable bonds is 6. The molecule has 0 saturated heterocycles. The smallest absolute Gasteiger partial charge is 0.319 e. The second-order valence-corrected chi connectivity index (χ2v) is 4.75. The number of esters is 1. The van der Waals surface area contributed by atoms with Crippen molar-refractivity contribution in [1.82, 2.24) is 4.90 Å². The molecular formula is C14H18F2N2O3. The van der Waals surface area contributed by atoms with Gasteiger partial charge in [-0.25, -0.2) is 8.78 Å². The number of hydrogen-bond acceptors (Lipinski definition) is 4.